The van der Waals surface area contributed by atoms with Crippen LogP contribution in [0.15, 0.2) is 0 Å². The summed E-state index contributed by atoms with van der Waals surface area (Å²) in [6.07, 6.45) is 7.19. The van der Waals surface area contributed by atoms with Crippen LogP contribution in [0.1, 0.15) is 39.0 Å². The Morgan fingerprint density at radius 1 is 1.13 bits per heavy atom. The molecule has 0 radical (unpaired) electrons. The van der Waals surface area contributed by atoms with Gasteiger partial charge in [-0.3, -0.25) is 0 Å². The van der Waals surface area contributed by atoms with E-state index in [-0.39, 0.29) is 0 Å². The van der Waals surface area contributed by atoms with E-state index in [1.807, 2.05) is 0 Å². The quantitative estimate of drug-likeness (QED) is 0.764. The molecule has 3 rings (SSSR count). The van der Waals surface area contributed by atoms with E-state index in [1.165, 1.54) is 45.2 Å². The largest absolute Gasteiger partial charge is 0.327 e. The second-order valence-electron chi connectivity index (χ2n) is 5.89. The van der Waals surface area contributed by atoms with Gasteiger partial charge in [-0.15, -0.1) is 0 Å². The normalized spacial score (nSPS) is 44.2. The Morgan fingerprint density at radius 2 is 1.87 bits per heavy atom. The lowest BCUT2D eigenvalue weighted by Crippen LogP contribution is -2.43. The maximum atomic E-state index is 6.36. The van der Waals surface area contributed by atoms with Crippen molar-refractivity contribution in [1.82, 2.24) is 4.90 Å². The first kappa shape index (κ1) is 10.1. The summed E-state index contributed by atoms with van der Waals surface area (Å²) >= 11 is 0. The molecule has 3 saturated carbocycles. The van der Waals surface area contributed by atoms with Gasteiger partial charge in [0, 0.05) is 18.6 Å². The van der Waals surface area contributed by atoms with Crippen LogP contribution in [-0.4, -0.2) is 30.1 Å². The Morgan fingerprint density at radius 3 is 2.40 bits per heavy atom. The Bertz CT molecular complexity index is 235. The second-order valence-corrected chi connectivity index (χ2v) is 5.89. The van der Waals surface area contributed by atoms with E-state index in [0.29, 0.717) is 6.04 Å². The minimum absolute atomic E-state index is 0.525. The molecule has 0 saturated heterocycles. The molecule has 3 aliphatic rings. The van der Waals surface area contributed by atoms with E-state index >= 15 is 0 Å². The van der Waals surface area contributed by atoms with E-state index in [1.54, 1.807) is 0 Å². The summed E-state index contributed by atoms with van der Waals surface area (Å²) in [6, 6.07) is 1.44. The van der Waals surface area contributed by atoms with Gasteiger partial charge in [-0.25, -0.2) is 0 Å². The average Bonchev–Trinajstić information content (AvgIpc) is 2.90. The molecule has 0 aliphatic heterocycles. The van der Waals surface area contributed by atoms with Crippen molar-refractivity contribution in [3.8, 4) is 0 Å². The summed E-state index contributed by atoms with van der Waals surface area (Å²) in [5.41, 5.74) is 6.36. The number of nitrogens with zero attached hydrogens (tertiary/aromatic N) is 1. The lowest BCUT2D eigenvalue weighted by atomic mass is 9.84. The summed E-state index contributed by atoms with van der Waals surface area (Å²) in [5, 5.41) is 0. The fourth-order valence-corrected chi connectivity index (χ4v) is 3.97. The van der Waals surface area contributed by atoms with E-state index < -0.39 is 0 Å². The molecule has 2 bridgehead atoms. The van der Waals surface area contributed by atoms with Crippen molar-refractivity contribution in [2.45, 2.75) is 51.1 Å². The standard InChI is InChI=1S/C13H24N2/c1-2-15(11-5-6-11)8-12-9-3-4-10(7-9)13(12)14/h9-13H,2-8,14H2,1H3. The molecule has 0 amide bonds. The number of fused-ring (bicyclic) bond motifs is 2. The molecule has 4 atom stereocenters. The van der Waals surface area contributed by atoms with Crippen molar-refractivity contribution in [3.05, 3.63) is 0 Å². The average molecular weight is 208 g/mol. The zero-order valence-corrected chi connectivity index (χ0v) is 9.86. The predicted molar refractivity (Wildman–Crippen MR) is 62.6 cm³/mol. The second kappa shape index (κ2) is 3.74. The molecule has 86 valence electrons. The summed E-state index contributed by atoms with van der Waals surface area (Å²) in [5.74, 6) is 2.67. The van der Waals surface area contributed by atoms with Crippen molar-refractivity contribution in [2.24, 2.45) is 23.5 Å². The van der Waals surface area contributed by atoms with E-state index in [4.69, 9.17) is 5.73 Å². The van der Waals surface area contributed by atoms with Gasteiger partial charge in [0.2, 0.25) is 0 Å². The van der Waals surface area contributed by atoms with E-state index in [0.717, 1.165) is 23.8 Å². The van der Waals surface area contributed by atoms with Crippen molar-refractivity contribution in [1.29, 1.82) is 0 Å². The Balaban J connectivity index is 1.62. The SMILES string of the molecule is CCN(CC1C2CCC(C2)C1N)C1CC1. The molecule has 3 fully saturated rings. The highest BCUT2D eigenvalue weighted by Gasteiger charge is 2.46. The molecule has 0 aromatic rings. The predicted octanol–water partition coefficient (Wildman–Crippen LogP) is 1.84. The van der Waals surface area contributed by atoms with Crippen molar-refractivity contribution >= 4 is 0 Å². The molecule has 2 N–H and O–H groups in total. The molecule has 0 spiro atoms. The Hall–Kier alpha value is -0.0800. The fourth-order valence-electron chi connectivity index (χ4n) is 3.97. The molecule has 2 heteroatoms. The maximum Gasteiger partial charge on any atom is 0.0111 e. The van der Waals surface area contributed by atoms with Gasteiger partial charge in [-0.05, 0) is 56.4 Å². The van der Waals surface area contributed by atoms with Crippen LogP contribution in [0.3, 0.4) is 0 Å². The van der Waals surface area contributed by atoms with Crippen LogP contribution in [0.2, 0.25) is 0 Å². The van der Waals surface area contributed by atoms with Gasteiger partial charge >= 0.3 is 0 Å². The van der Waals surface area contributed by atoms with Crippen LogP contribution in [0, 0.1) is 17.8 Å². The number of hydrogen-bond acceptors (Lipinski definition) is 2. The van der Waals surface area contributed by atoms with Crippen LogP contribution in [0.4, 0.5) is 0 Å². The molecule has 3 aliphatic carbocycles. The number of rotatable bonds is 4. The van der Waals surface area contributed by atoms with Crippen LogP contribution in [0.5, 0.6) is 0 Å². The molecule has 4 unspecified atom stereocenters. The smallest absolute Gasteiger partial charge is 0.0111 e. The first-order valence-electron chi connectivity index (χ1n) is 6.79. The minimum Gasteiger partial charge on any atom is -0.327 e. The fraction of sp³-hybridized carbons (Fsp3) is 1.00. The molecular formula is C13H24N2. The molecular weight excluding hydrogens is 184 g/mol. The van der Waals surface area contributed by atoms with E-state index in [2.05, 4.69) is 11.8 Å². The Kier molecular flexibility index (Phi) is 2.52. The van der Waals surface area contributed by atoms with Gasteiger partial charge < -0.3 is 10.6 Å². The first-order chi connectivity index (χ1) is 7.29. The molecule has 0 aromatic heterocycles. The van der Waals surface area contributed by atoms with Crippen LogP contribution in [0.25, 0.3) is 0 Å². The van der Waals surface area contributed by atoms with Gasteiger partial charge in [0.1, 0.15) is 0 Å². The highest BCUT2D eigenvalue weighted by atomic mass is 15.2. The van der Waals surface area contributed by atoms with E-state index in [9.17, 15) is 0 Å². The third kappa shape index (κ3) is 1.72. The van der Waals surface area contributed by atoms with Crippen LogP contribution >= 0.6 is 0 Å². The van der Waals surface area contributed by atoms with Gasteiger partial charge in [-0.1, -0.05) is 6.92 Å². The van der Waals surface area contributed by atoms with Gasteiger partial charge in [0.05, 0.1) is 0 Å². The van der Waals surface area contributed by atoms with Crippen molar-refractivity contribution in [2.75, 3.05) is 13.1 Å². The molecule has 15 heavy (non-hydrogen) atoms. The summed E-state index contributed by atoms with van der Waals surface area (Å²) in [6.45, 7) is 4.83. The zero-order valence-electron chi connectivity index (χ0n) is 9.86. The zero-order chi connectivity index (χ0) is 10.4. The molecule has 0 aromatic carbocycles. The monoisotopic (exact) mass is 208 g/mol. The molecule has 2 nitrogen and oxygen atoms in total. The number of nitrogens with two attached hydrogens (primary N) is 1. The van der Waals surface area contributed by atoms with Gasteiger partial charge in [0.25, 0.3) is 0 Å². The van der Waals surface area contributed by atoms with Gasteiger partial charge in [-0.2, -0.15) is 0 Å². The van der Waals surface area contributed by atoms with Crippen LogP contribution < -0.4 is 5.73 Å². The Labute approximate surface area is 93.2 Å². The van der Waals surface area contributed by atoms with Gasteiger partial charge in [0.15, 0.2) is 0 Å². The third-order valence-corrected chi connectivity index (χ3v) is 5.07. The van der Waals surface area contributed by atoms with Crippen molar-refractivity contribution < 1.29 is 0 Å². The highest BCUT2D eigenvalue weighted by molar-refractivity contribution is 5.00. The number of hydrogen-bond donors (Lipinski definition) is 1. The summed E-state index contributed by atoms with van der Waals surface area (Å²) in [7, 11) is 0. The summed E-state index contributed by atoms with van der Waals surface area (Å²) in [4.78, 5) is 2.69. The van der Waals surface area contributed by atoms with Crippen LogP contribution in [-0.2, 0) is 0 Å². The molecule has 0 heterocycles. The third-order valence-electron chi connectivity index (χ3n) is 5.07. The minimum atomic E-state index is 0.525. The summed E-state index contributed by atoms with van der Waals surface area (Å²) < 4.78 is 0. The lowest BCUT2D eigenvalue weighted by Gasteiger charge is -2.33. The topological polar surface area (TPSA) is 29.3 Å². The first-order valence-corrected chi connectivity index (χ1v) is 6.79. The lowest BCUT2D eigenvalue weighted by molar-refractivity contribution is 0.173. The highest BCUT2D eigenvalue weighted by Crippen LogP contribution is 2.48. The maximum absolute atomic E-state index is 6.36. The van der Waals surface area contributed by atoms with Crippen molar-refractivity contribution in [3.63, 3.8) is 0 Å².